The molecule has 2 aromatic carbocycles. The number of fused-ring (bicyclic) bond motifs is 1. The van der Waals surface area contributed by atoms with Gasteiger partial charge in [0, 0.05) is 17.8 Å². The van der Waals surface area contributed by atoms with Crippen molar-refractivity contribution < 1.29 is 9.84 Å². The second-order valence-electron chi connectivity index (χ2n) is 7.91. The highest BCUT2D eigenvalue weighted by Crippen LogP contribution is 2.42. The fraction of sp³-hybridized carbons (Fsp3) is 0.200. The molecule has 5 heteroatoms. The molecule has 0 bridgehead atoms. The number of benzene rings is 2. The summed E-state index contributed by atoms with van der Waals surface area (Å²) >= 11 is 0. The molecule has 2 heterocycles. The summed E-state index contributed by atoms with van der Waals surface area (Å²) in [6.45, 7) is 3.64. The number of aliphatic hydroxyl groups is 1. The second-order valence-corrected chi connectivity index (χ2v) is 7.91. The number of nitrogens with zero attached hydrogens (tertiary/aromatic N) is 2. The molecule has 1 aliphatic heterocycles. The molecular weight excluding hydrogens is 376 g/mol. The minimum Gasteiger partial charge on any atom is -0.485 e. The van der Waals surface area contributed by atoms with E-state index in [0.717, 1.165) is 16.7 Å². The molecule has 150 valence electrons. The van der Waals surface area contributed by atoms with Crippen molar-refractivity contribution in [2.24, 2.45) is 0 Å². The third kappa shape index (κ3) is 3.66. The second kappa shape index (κ2) is 7.66. The summed E-state index contributed by atoms with van der Waals surface area (Å²) in [5, 5.41) is 20.0. The Morgan fingerprint density at radius 3 is 2.47 bits per heavy atom. The largest absolute Gasteiger partial charge is 0.485 e. The van der Waals surface area contributed by atoms with E-state index in [1.807, 2.05) is 56.3 Å². The average Bonchev–Trinajstić information content (AvgIpc) is 2.74. The van der Waals surface area contributed by atoms with Crippen LogP contribution in [0, 0.1) is 11.3 Å². The van der Waals surface area contributed by atoms with Gasteiger partial charge >= 0.3 is 0 Å². The van der Waals surface area contributed by atoms with Gasteiger partial charge in [0.05, 0.1) is 17.7 Å². The van der Waals surface area contributed by atoms with Gasteiger partial charge in [0.15, 0.2) is 0 Å². The lowest BCUT2D eigenvalue weighted by atomic mass is 9.85. The van der Waals surface area contributed by atoms with Crippen molar-refractivity contribution in [2.45, 2.75) is 31.6 Å². The average molecular weight is 398 g/mol. The van der Waals surface area contributed by atoms with Crippen LogP contribution in [-0.2, 0) is 0 Å². The van der Waals surface area contributed by atoms with Gasteiger partial charge in [0.1, 0.15) is 17.5 Å². The highest BCUT2D eigenvalue weighted by Gasteiger charge is 2.44. The Hall–Kier alpha value is -3.62. The summed E-state index contributed by atoms with van der Waals surface area (Å²) in [6.07, 6.45) is 4.71. The summed E-state index contributed by atoms with van der Waals surface area (Å²) in [5.74, 6) is 0.654. The third-order valence-electron chi connectivity index (χ3n) is 5.40. The molecule has 0 unspecified atom stereocenters. The van der Waals surface area contributed by atoms with E-state index in [0.29, 0.717) is 11.3 Å². The summed E-state index contributed by atoms with van der Waals surface area (Å²) in [6, 6.07) is 19.6. The number of pyridine rings is 1. The van der Waals surface area contributed by atoms with Crippen LogP contribution in [0.3, 0.4) is 0 Å². The molecule has 0 radical (unpaired) electrons. The maximum Gasteiger partial charge on any atom is 0.251 e. The van der Waals surface area contributed by atoms with Gasteiger partial charge in [-0.15, -0.1) is 0 Å². The first-order valence-electron chi connectivity index (χ1n) is 9.75. The van der Waals surface area contributed by atoms with Crippen molar-refractivity contribution in [3.63, 3.8) is 0 Å². The normalized spacial score (nSPS) is 19.7. The lowest BCUT2D eigenvalue weighted by Crippen LogP contribution is -2.52. The molecule has 0 saturated carbocycles. The van der Waals surface area contributed by atoms with E-state index < -0.39 is 17.7 Å². The van der Waals surface area contributed by atoms with Crippen molar-refractivity contribution >= 4 is 12.2 Å². The Labute approximate surface area is 175 Å². The number of rotatable bonds is 3. The van der Waals surface area contributed by atoms with E-state index >= 15 is 0 Å². The van der Waals surface area contributed by atoms with Crippen molar-refractivity contribution in [2.75, 3.05) is 0 Å². The van der Waals surface area contributed by atoms with E-state index in [4.69, 9.17) is 10.00 Å². The first-order chi connectivity index (χ1) is 14.4. The lowest BCUT2D eigenvalue weighted by Gasteiger charge is -2.42. The van der Waals surface area contributed by atoms with Gasteiger partial charge in [0.2, 0.25) is 0 Å². The highest BCUT2D eigenvalue weighted by molar-refractivity contribution is 5.71. The molecule has 0 fully saturated rings. The molecule has 1 N–H and O–H groups in total. The Bertz CT molecular complexity index is 1200. The molecule has 30 heavy (non-hydrogen) atoms. The van der Waals surface area contributed by atoms with Crippen LogP contribution in [0.4, 0.5) is 0 Å². The van der Waals surface area contributed by atoms with Gasteiger partial charge < -0.3 is 14.4 Å². The standard InChI is InChI=1S/C25H22N2O3/c1-25(2)24(29)23(27-14-4-3-5-22(27)28)20-15-18(12-13-21(20)30-25)9-6-17-7-10-19(16-26)11-8-17/h3-15,23-24,29H,1-2H3/b9-6+/t23-,24+/m1/s1. The van der Waals surface area contributed by atoms with Crippen LogP contribution >= 0.6 is 0 Å². The van der Waals surface area contributed by atoms with Crippen molar-refractivity contribution in [3.8, 4) is 11.8 Å². The molecule has 0 saturated heterocycles. The molecule has 1 aromatic heterocycles. The van der Waals surface area contributed by atoms with Crippen molar-refractivity contribution in [1.29, 1.82) is 5.26 Å². The monoisotopic (exact) mass is 398 g/mol. The van der Waals surface area contributed by atoms with Crippen molar-refractivity contribution in [3.05, 3.63) is 99.5 Å². The number of hydrogen-bond acceptors (Lipinski definition) is 4. The fourth-order valence-electron chi connectivity index (χ4n) is 3.72. The third-order valence-corrected chi connectivity index (χ3v) is 5.40. The van der Waals surface area contributed by atoms with Crippen LogP contribution in [-0.4, -0.2) is 21.4 Å². The molecule has 0 spiro atoms. The van der Waals surface area contributed by atoms with E-state index in [1.165, 1.54) is 6.07 Å². The molecule has 1 aliphatic rings. The van der Waals surface area contributed by atoms with E-state index in [9.17, 15) is 9.90 Å². The zero-order valence-corrected chi connectivity index (χ0v) is 16.8. The predicted molar refractivity (Wildman–Crippen MR) is 116 cm³/mol. The summed E-state index contributed by atoms with van der Waals surface area (Å²) in [5.41, 5.74) is 2.25. The molecule has 2 atom stereocenters. The minimum absolute atomic E-state index is 0.177. The SMILES string of the molecule is CC1(C)Oc2ccc(/C=C/c3ccc(C#N)cc3)cc2[C@@H](n2ccccc2=O)[C@@H]1O. The Morgan fingerprint density at radius 1 is 1.07 bits per heavy atom. The number of nitriles is 1. The number of aromatic nitrogens is 1. The van der Waals surface area contributed by atoms with Crippen LogP contribution in [0.1, 0.15) is 42.1 Å². The zero-order chi connectivity index (χ0) is 21.3. The Balaban J connectivity index is 1.75. The summed E-state index contributed by atoms with van der Waals surface area (Å²) in [4.78, 5) is 12.5. The van der Waals surface area contributed by atoms with Crippen LogP contribution in [0.25, 0.3) is 12.2 Å². The number of ether oxygens (including phenoxy) is 1. The molecule has 4 rings (SSSR count). The molecule has 5 nitrogen and oxygen atoms in total. The van der Waals surface area contributed by atoms with Crippen LogP contribution in [0.15, 0.2) is 71.7 Å². The van der Waals surface area contributed by atoms with E-state index in [-0.39, 0.29) is 5.56 Å². The van der Waals surface area contributed by atoms with Gasteiger partial charge in [-0.1, -0.05) is 36.4 Å². The Kier molecular flexibility index (Phi) is 5.03. The molecular formula is C25H22N2O3. The molecule has 0 amide bonds. The first-order valence-corrected chi connectivity index (χ1v) is 9.75. The van der Waals surface area contributed by atoms with Crippen LogP contribution in [0.2, 0.25) is 0 Å². The van der Waals surface area contributed by atoms with Gasteiger partial charge in [-0.05, 0) is 55.3 Å². The zero-order valence-electron chi connectivity index (χ0n) is 16.8. The smallest absolute Gasteiger partial charge is 0.251 e. The highest BCUT2D eigenvalue weighted by atomic mass is 16.5. The van der Waals surface area contributed by atoms with Crippen LogP contribution < -0.4 is 10.3 Å². The summed E-state index contributed by atoms with van der Waals surface area (Å²) in [7, 11) is 0. The van der Waals surface area contributed by atoms with E-state index in [1.54, 1.807) is 35.0 Å². The predicted octanol–water partition coefficient (Wildman–Crippen LogP) is 4.01. The van der Waals surface area contributed by atoms with Gasteiger partial charge in [-0.2, -0.15) is 5.26 Å². The molecule has 0 aliphatic carbocycles. The Morgan fingerprint density at radius 2 is 1.77 bits per heavy atom. The first kappa shape index (κ1) is 19.7. The lowest BCUT2D eigenvalue weighted by molar-refractivity contribution is -0.0642. The van der Waals surface area contributed by atoms with E-state index in [2.05, 4.69) is 6.07 Å². The topological polar surface area (TPSA) is 75.2 Å². The van der Waals surface area contributed by atoms with Crippen molar-refractivity contribution in [1.82, 2.24) is 4.57 Å². The maximum atomic E-state index is 12.5. The van der Waals surface area contributed by atoms with Gasteiger partial charge in [0.25, 0.3) is 5.56 Å². The maximum absolute atomic E-state index is 12.5. The summed E-state index contributed by atoms with van der Waals surface area (Å²) < 4.78 is 7.60. The van der Waals surface area contributed by atoms with Gasteiger partial charge in [-0.3, -0.25) is 4.79 Å². The quantitative estimate of drug-likeness (QED) is 0.677. The van der Waals surface area contributed by atoms with Gasteiger partial charge in [-0.25, -0.2) is 0 Å². The number of aliphatic hydroxyl groups excluding tert-OH is 1. The minimum atomic E-state index is -0.900. The van der Waals surface area contributed by atoms with Crippen LogP contribution in [0.5, 0.6) is 5.75 Å². The molecule has 3 aromatic rings. The number of hydrogen-bond donors (Lipinski definition) is 1. The fourth-order valence-corrected chi connectivity index (χ4v) is 3.72.